The van der Waals surface area contributed by atoms with Crippen molar-refractivity contribution in [2.75, 3.05) is 0 Å². The first-order valence-electron chi connectivity index (χ1n) is 22.9. The van der Waals surface area contributed by atoms with Gasteiger partial charge in [-0.05, 0) is 117 Å². The van der Waals surface area contributed by atoms with Crippen LogP contribution in [0.5, 0.6) is 0 Å². The van der Waals surface area contributed by atoms with Gasteiger partial charge >= 0.3 is 0 Å². The van der Waals surface area contributed by atoms with Crippen LogP contribution in [0, 0.1) is 0 Å². The third kappa shape index (κ3) is 9.98. The summed E-state index contributed by atoms with van der Waals surface area (Å²) in [5, 5.41) is 8.34. The third-order valence-corrected chi connectivity index (χ3v) is 21.6. The minimum absolute atomic E-state index is 0. The lowest BCUT2D eigenvalue weighted by Gasteiger charge is -2.28. The van der Waals surface area contributed by atoms with E-state index in [2.05, 4.69) is 291 Å². The Hall–Kier alpha value is -6.24. The lowest BCUT2D eigenvalue weighted by molar-refractivity contribution is -0.001000. The normalized spacial score (nSPS) is 11.6. The minimum Gasteiger partial charge on any atom is -1.00 e. The maximum atomic E-state index is 2.38. The topological polar surface area (TPSA) is 0 Å². The van der Waals surface area contributed by atoms with Gasteiger partial charge in [-0.25, -0.2) is 0 Å². The molecular weight excluding hydrogens is 990 g/mol. The first-order chi connectivity index (χ1) is 32.7. The second-order valence-corrected chi connectivity index (χ2v) is 23.8. The van der Waals surface area contributed by atoms with Gasteiger partial charge in [-0.15, -0.1) is 0 Å². The Balaban J connectivity index is 0.00000312. The quantitative estimate of drug-likeness (QED) is 0.0776. The summed E-state index contributed by atoms with van der Waals surface area (Å²) in [6, 6.07) is 108. The van der Waals surface area contributed by atoms with Crippen LogP contribution in [0.1, 0.15) is 33.4 Å². The predicted molar refractivity (Wildman–Crippen MR) is 288 cm³/mol. The Labute approximate surface area is 425 Å². The molecule has 10 rings (SSSR count). The van der Waals surface area contributed by atoms with Gasteiger partial charge in [-0.2, -0.15) is 0 Å². The van der Waals surface area contributed by atoms with Crippen LogP contribution in [-0.4, -0.2) is 0 Å². The van der Waals surface area contributed by atoms with Crippen molar-refractivity contribution in [3.05, 3.63) is 325 Å². The van der Waals surface area contributed by atoms with Crippen LogP contribution in [0.2, 0.25) is 0 Å². The standard InChI is InChI=1S/C64H52P2.2BrH/c1-9-25-53(26-10-1)63(55-45-41-51(42-46-55)49-65(57-29-13-3-14-30-57,58-31-15-4-16-32-58)59-33-17-5-18-34-59)64(54-27-11-2-12-28-54)56-47-43-52(44-48-56)50-66(60-35-19-6-20-36-60,61-37-21-7-22-38-61)62-39-23-8-24-40-62;;/h1-48H,49-50H2;2*1H/q+2;;/p-2. The Bertz CT molecular complexity index is 2700. The van der Waals surface area contributed by atoms with Crippen LogP contribution >= 0.6 is 14.5 Å². The fourth-order valence-electron chi connectivity index (χ4n) is 9.76. The van der Waals surface area contributed by atoms with Gasteiger partial charge in [0.2, 0.25) is 0 Å². The second-order valence-electron chi connectivity index (χ2n) is 16.8. The molecule has 68 heavy (non-hydrogen) atoms. The zero-order valence-corrected chi connectivity index (χ0v) is 42.7. The first kappa shape index (κ1) is 48.2. The van der Waals surface area contributed by atoms with Gasteiger partial charge in [0.25, 0.3) is 0 Å². The van der Waals surface area contributed by atoms with Gasteiger partial charge in [-0.1, -0.05) is 218 Å². The molecule has 0 aromatic heterocycles. The monoisotopic (exact) mass is 1040 g/mol. The lowest BCUT2D eigenvalue weighted by Crippen LogP contribution is -3.00. The minimum atomic E-state index is -2.08. The zero-order chi connectivity index (χ0) is 44.4. The molecule has 0 bridgehead atoms. The maximum absolute atomic E-state index is 2.38. The van der Waals surface area contributed by atoms with E-state index in [-0.39, 0.29) is 34.0 Å². The van der Waals surface area contributed by atoms with Crippen molar-refractivity contribution in [3.63, 3.8) is 0 Å². The van der Waals surface area contributed by atoms with E-state index in [4.69, 9.17) is 0 Å². The van der Waals surface area contributed by atoms with E-state index < -0.39 is 14.5 Å². The summed E-state index contributed by atoms with van der Waals surface area (Å²) in [5.41, 5.74) is 9.85. The lowest BCUT2D eigenvalue weighted by atomic mass is 9.85. The van der Waals surface area contributed by atoms with Gasteiger partial charge in [0.15, 0.2) is 0 Å². The molecule has 0 amide bonds. The van der Waals surface area contributed by atoms with Crippen molar-refractivity contribution in [1.82, 2.24) is 0 Å². The van der Waals surface area contributed by atoms with E-state index in [1.54, 1.807) is 0 Å². The molecule has 0 N–H and O–H groups in total. The summed E-state index contributed by atoms with van der Waals surface area (Å²) < 4.78 is 0. The van der Waals surface area contributed by atoms with Gasteiger partial charge < -0.3 is 34.0 Å². The van der Waals surface area contributed by atoms with E-state index in [1.807, 2.05) is 0 Å². The van der Waals surface area contributed by atoms with Gasteiger partial charge in [-0.3, -0.25) is 0 Å². The van der Waals surface area contributed by atoms with Gasteiger partial charge in [0, 0.05) is 0 Å². The fraction of sp³-hybridized carbons (Fsp3) is 0.0312. The van der Waals surface area contributed by atoms with Gasteiger partial charge in [0.05, 0.1) is 12.3 Å². The van der Waals surface area contributed by atoms with E-state index in [0.29, 0.717) is 0 Å². The van der Waals surface area contributed by atoms with Crippen LogP contribution in [0.4, 0.5) is 0 Å². The summed E-state index contributed by atoms with van der Waals surface area (Å²) in [4.78, 5) is 0. The number of halogens is 2. The highest BCUT2D eigenvalue weighted by molar-refractivity contribution is 7.95. The third-order valence-electron chi connectivity index (χ3n) is 12.9. The van der Waals surface area contributed by atoms with Crippen molar-refractivity contribution in [3.8, 4) is 0 Å². The Morgan fingerprint density at radius 3 is 0.588 bits per heavy atom. The molecule has 0 aliphatic carbocycles. The second kappa shape index (κ2) is 22.7. The highest BCUT2D eigenvalue weighted by atomic mass is 79.9. The van der Waals surface area contributed by atoms with E-state index >= 15 is 0 Å². The molecule has 0 fully saturated rings. The summed E-state index contributed by atoms with van der Waals surface area (Å²) >= 11 is 0. The molecule has 0 radical (unpaired) electrons. The molecule has 0 saturated carbocycles. The molecule has 0 nitrogen and oxygen atoms in total. The number of rotatable bonds is 14. The van der Waals surface area contributed by atoms with E-state index in [1.165, 1.54) is 76.4 Å². The van der Waals surface area contributed by atoms with Gasteiger partial charge in [0.1, 0.15) is 46.4 Å². The summed E-state index contributed by atoms with van der Waals surface area (Å²) in [6.45, 7) is 0. The van der Waals surface area contributed by atoms with Crippen LogP contribution in [-0.2, 0) is 12.3 Å². The van der Waals surface area contributed by atoms with Crippen molar-refractivity contribution >= 4 is 57.5 Å². The summed E-state index contributed by atoms with van der Waals surface area (Å²) in [6.07, 6.45) is 1.84. The van der Waals surface area contributed by atoms with Crippen LogP contribution < -0.4 is 65.8 Å². The molecule has 332 valence electrons. The smallest absolute Gasteiger partial charge is 0.116 e. The van der Waals surface area contributed by atoms with E-state index in [0.717, 1.165) is 12.3 Å². The first-order valence-corrected chi connectivity index (χ1v) is 26.8. The largest absolute Gasteiger partial charge is 1.00 e. The SMILES string of the molecule is [Br-].[Br-].c1ccc(C(=C(c2ccccc2)c2ccc(C[P+](c3ccccc3)(c3ccccc3)c3ccccc3)cc2)c2ccc(C[P+](c3ccccc3)(c3ccccc3)c3ccccc3)cc2)cc1. The summed E-state index contributed by atoms with van der Waals surface area (Å²) in [5.74, 6) is 0. The summed E-state index contributed by atoms with van der Waals surface area (Å²) in [7, 11) is -4.15. The Morgan fingerprint density at radius 2 is 0.382 bits per heavy atom. The Morgan fingerprint density at radius 1 is 0.206 bits per heavy atom. The van der Waals surface area contributed by atoms with Crippen molar-refractivity contribution in [1.29, 1.82) is 0 Å². The molecule has 10 aromatic rings. The van der Waals surface area contributed by atoms with Crippen molar-refractivity contribution < 1.29 is 34.0 Å². The molecule has 0 unspecified atom stereocenters. The van der Waals surface area contributed by atoms with Crippen LogP contribution in [0.15, 0.2) is 291 Å². The molecule has 0 spiro atoms. The number of hydrogen-bond acceptors (Lipinski definition) is 0. The highest BCUT2D eigenvalue weighted by Gasteiger charge is 2.46. The Kier molecular flexibility index (Phi) is 16.1. The molecule has 0 aliphatic heterocycles. The average Bonchev–Trinajstić information content (AvgIpc) is 3.41. The van der Waals surface area contributed by atoms with Crippen molar-refractivity contribution in [2.45, 2.75) is 12.3 Å². The fourth-order valence-corrected chi connectivity index (χ4v) is 18.2. The molecule has 0 heterocycles. The highest BCUT2D eigenvalue weighted by Crippen LogP contribution is 2.59. The molecule has 4 heteroatoms. The molecular formula is C64H52Br2P2. The maximum Gasteiger partial charge on any atom is 0.116 e. The van der Waals surface area contributed by atoms with Crippen LogP contribution in [0.3, 0.4) is 0 Å². The van der Waals surface area contributed by atoms with E-state index in [9.17, 15) is 0 Å². The molecule has 10 aromatic carbocycles. The molecule has 0 atom stereocenters. The number of hydrogen-bond donors (Lipinski definition) is 0. The number of benzene rings is 10. The zero-order valence-electron chi connectivity index (χ0n) is 37.8. The average molecular weight is 1040 g/mol. The predicted octanol–water partition coefficient (Wildman–Crippen LogP) is 7.69. The molecule has 0 saturated heterocycles. The van der Waals surface area contributed by atoms with Crippen molar-refractivity contribution in [2.24, 2.45) is 0 Å². The molecule has 0 aliphatic rings. The van der Waals surface area contributed by atoms with Crippen LogP contribution in [0.25, 0.3) is 11.1 Å².